The highest BCUT2D eigenvalue weighted by atomic mass is 16.4. The summed E-state index contributed by atoms with van der Waals surface area (Å²) in [5, 5.41) is 8.60. The van der Waals surface area contributed by atoms with Crippen LogP contribution >= 0.6 is 0 Å². The van der Waals surface area contributed by atoms with Crippen LogP contribution < -0.4 is 0 Å². The van der Waals surface area contributed by atoms with Crippen LogP contribution in [0.5, 0.6) is 0 Å². The van der Waals surface area contributed by atoms with Gasteiger partial charge in [0.25, 0.3) is 0 Å². The van der Waals surface area contributed by atoms with Gasteiger partial charge < -0.3 is 5.11 Å². The molecule has 0 bridgehead atoms. The first-order valence-corrected chi connectivity index (χ1v) is 5.97. The normalized spacial score (nSPS) is 21.1. The Morgan fingerprint density at radius 2 is 2.12 bits per heavy atom. The first kappa shape index (κ1) is 13.7. The minimum Gasteiger partial charge on any atom is -0.481 e. The number of hydrogen-bond donors (Lipinski definition) is 1. The van der Waals surface area contributed by atoms with Crippen LogP contribution in [0.3, 0.4) is 0 Å². The Hall–Kier alpha value is -1.39. The summed E-state index contributed by atoms with van der Waals surface area (Å²) < 4.78 is 0. The lowest BCUT2D eigenvalue weighted by Gasteiger charge is -2.31. The van der Waals surface area contributed by atoms with Gasteiger partial charge in [0.15, 0.2) is 0 Å². The molecule has 1 aliphatic heterocycles. The Balaban J connectivity index is 2.62. The number of carbonyl (C=O) groups excluding carboxylic acids is 2. The van der Waals surface area contributed by atoms with Crippen LogP contribution in [0.1, 0.15) is 39.5 Å². The van der Waals surface area contributed by atoms with Crippen LogP contribution in [0.2, 0.25) is 0 Å². The van der Waals surface area contributed by atoms with Gasteiger partial charge in [-0.2, -0.15) is 0 Å². The molecule has 1 N–H and O–H groups in total. The smallest absolute Gasteiger partial charge is 0.303 e. The van der Waals surface area contributed by atoms with Crippen molar-refractivity contribution in [3.8, 4) is 0 Å². The minimum absolute atomic E-state index is 0.0138. The van der Waals surface area contributed by atoms with Crippen LogP contribution in [0.15, 0.2) is 0 Å². The topological polar surface area (TPSA) is 74.7 Å². The molecule has 5 nitrogen and oxygen atoms in total. The third-order valence-corrected chi connectivity index (χ3v) is 2.88. The molecule has 0 spiro atoms. The SMILES string of the molecule is CC(C)CN1C(=O)CCC(CCC(=O)O)C1=O. The third kappa shape index (κ3) is 3.84. The molecule has 5 heteroatoms. The summed E-state index contributed by atoms with van der Waals surface area (Å²) in [6.45, 7) is 4.32. The summed E-state index contributed by atoms with van der Waals surface area (Å²) in [4.78, 5) is 35.4. The van der Waals surface area contributed by atoms with Gasteiger partial charge in [0.1, 0.15) is 0 Å². The second kappa shape index (κ2) is 5.80. The van der Waals surface area contributed by atoms with Crippen molar-refractivity contribution >= 4 is 17.8 Å². The Morgan fingerprint density at radius 1 is 1.47 bits per heavy atom. The van der Waals surface area contributed by atoms with Crippen LogP contribution in [-0.2, 0) is 14.4 Å². The molecule has 1 aliphatic rings. The lowest BCUT2D eigenvalue weighted by Crippen LogP contribution is -2.46. The molecule has 0 aliphatic carbocycles. The Labute approximate surface area is 101 Å². The van der Waals surface area contributed by atoms with Gasteiger partial charge in [-0.1, -0.05) is 13.8 Å². The maximum absolute atomic E-state index is 12.0. The van der Waals surface area contributed by atoms with E-state index in [4.69, 9.17) is 5.11 Å². The lowest BCUT2D eigenvalue weighted by atomic mass is 9.91. The number of imide groups is 1. The number of carboxylic acid groups (broad SMARTS) is 1. The van der Waals surface area contributed by atoms with Crippen LogP contribution in [0.25, 0.3) is 0 Å². The highest BCUT2D eigenvalue weighted by Gasteiger charge is 2.34. The molecule has 1 rings (SSSR count). The maximum Gasteiger partial charge on any atom is 0.303 e. The number of likely N-dealkylation sites (tertiary alicyclic amines) is 1. The summed E-state index contributed by atoms with van der Waals surface area (Å²) in [7, 11) is 0. The van der Waals surface area contributed by atoms with E-state index in [0.29, 0.717) is 25.8 Å². The van der Waals surface area contributed by atoms with Crippen molar-refractivity contribution in [3.63, 3.8) is 0 Å². The predicted molar refractivity (Wildman–Crippen MR) is 61.2 cm³/mol. The largest absolute Gasteiger partial charge is 0.481 e. The molecule has 96 valence electrons. The van der Waals surface area contributed by atoms with E-state index in [9.17, 15) is 14.4 Å². The van der Waals surface area contributed by atoms with E-state index in [-0.39, 0.29) is 30.1 Å². The zero-order valence-corrected chi connectivity index (χ0v) is 10.3. The van der Waals surface area contributed by atoms with Gasteiger partial charge in [-0.05, 0) is 18.8 Å². The second-order valence-electron chi connectivity index (χ2n) is 4.90. The number of hydrogen-bond acceptors (Lipinski definition) is 3. The first-order valence-electron chi connectivity index (χ1n) is 5.97. The molecule has 0 aromatic heterocycles. The van der Waals surface area contributed by atoms with Crippen molar-refractivity contribution in [2.24, 2.45) is 11.8 Å². The Bertz CT molecular complexity index is 324. The van der Waals surface area contributed by atoms with Crippen molar-refractivity contribution in [3.05, 3.63) is 0 Å². The van der Waals surface area contributed by atoms with E-state index in [1.54, 1.807) is 0 Å². The quantitative estimate of drug-likeness (QED) is 0.735. The average Bonchev–Trinajstić information content (AvgIpc) is 2.22. The summed E-state index contributed by atoms with van der Waals surface area (Å²) in [5.74, 6) is -1.29. The zero-order valence-electron chi connectivity index (χ0n) is 10.3. The van der Waals surface area contributed by atoms with E-state index in [1.165, 1.54) is 4.90 Å². The molecule has 2 amide bonds. The average molecular weight is 241 g/mol. The number of piperidine rings is 1. The standard InChI is InChI=1S/C12H19NO4/c1-8(2)7-13-10(14)5-3-9(12(13)17)4-6-11(15)16/h8-9H,3-7H2,1-2H3,(H,15,16). The molecular formula is C12H19NO4. The number of nitrogens with zero attached hydrogens (tertiary/aromatic N) is 1. The van der Waals surface area contributed by atoms with Crippen molar-refractivity contribution in [2.45, 2.75) is 39.5 Å². The Kier molecular flexibility index (Phi) is 4.66. The lowest BCUT2D eigenvalue weighted by molar-refractivity contribution is -0.152. The van der Waals surface area contributed by atoms with E-state index in [2.05, 4.69) is 0 Å². The second-order valence-corrected chi connectivity index (χ2v) is 4.90. The van der Waals surface area contributed by atoms with Crippen LogP contribution in [0.4, 0.5) is 0 Å². The molecule has 1 unspecified atom stereocenters. The van der Waals surface area contributed by atoms with E-state index in [0.717, 1.165) is 0 Å². The van der Waals surface area contributed by atoms with Gasteiger partial charge in [-0.3, -0.25) is 19.3 Å². The number of rotatable bonds is 5. The van der Waals surface area contributed by atoms with Crippen molar-refractivity contribution in [1.29, 1.82) is 0 Å². The summed E-state index contributed by atoms with van der Waals surface area (Å²) >= 11 is 0. The van der Waals surface area contributed by atoms with Crippen molar-refractivity contribution < 1.29 is 19.5 Å². The van der Waals surface area contributed by atoms with Crippen molar-refractivity contribution in [1.82, 2.24) is 4.90 Å². The third-order valence-electron chi connectivity index (χ3n) is 2.88. The summed E-state index contributed by atoms with van der Waals surface area (Å²) in [6, 6.07) is 0. The van der Waals surface area contributed by atoms with Gasteiger partial charge in [0, 0.05) is 25.3 Å². The Morgan fingerprint density at radius 3 is 2.65 bits per heavy atom. The van der Waals surface area contributed by atoms with Gasteiger partial charge in [-0.25, -0.2) is 0 Å². The van der Waals surface area contributed by atoms with E-state index < -0.39 is 5.97 Å². The molecule has 0 radical (unpaired) electrons. The van der Waals surface area contributed by atoms with Gasteiger partial charge in [-0.15, -0.1) is 0 Å². The van der Waals surface area contributed by atoms with Gasteiger partial charge in [0.05, 0.1) is 0 Å². The molecule has 1 heterocycles. The van der Waals surface area contributed by atoms with Crippen molar-refractivity contribution in [2.75, 3.05) is 6.54 Å². The summed E-state index contributed by atoms with van der Waals surface area (Å²) in [6.07, 6.45) is 1.15. The van der Waals surface area contributed by atoms with Gasteiger partial charge >= 0.3 is 5.97 Å². The number of aliphatic carboxylic acids is 1. The van der Waals surface area contributed by atoms with E-state index in [1.807, 2.05) is 13.8 Å². The minimum atomic E-state index is -0.898. The number of carbonyl (C=O) groups is 3. The molecule has 17 heavy (non-hydrogen) atoms. The monoisotopic (exact) mass is 241 g/mol. The molecule has 0 aromatic carbocycles. The fourth-order valence-corrected chi connectivity index (χ4v) is 2.02. The number of amides is 2. The molecule has 1 fully saturated rings. The van der Waals surface area contributed by atoms with Gasteiger partial charge in [0.2, 0.25) is 11.8 Å². The fourth-order valence-electron chi connectivity index (χ4n) is 2.02. The number of carboxylic acids is 1. The van der Waals surface area contributed by atoms with Crippen LogP contribution in [-0.4, -0.2) is 34.3 Å². The van der Waals surface area contributed by atoms with Crippen LogP contribution in [0, 0.1) is 11.8 Å². The molecule has 1 saturated heterocycles. The summed E-state index contributed by atoms with van der Waals surface area (Å²) in [5.41, 5.74) is 0. The molecule has 0 saturated carbocycles. The molecule has 0 aromatic rings. The highest BCUT2D eigenvalue weighted by Crippen LogP contribution is 2.24. The zero-order chi connectivity index (χ0) is 13.0. The van der Waals surface area contributed by atoms with E-state index >= 15 is 0 Å². The fraction of sp³-hybridized carbons (Fsp3) is 0.750. The first-order chi connectivity index (χ1) is 7.91. The predicted octanol–water partition coefficient (Wildman–Crippen LogP) is 1.27. The molecular weight excluding hydrogens is 222 g/mol. The highest BCUT2D eigenvalue weighted by molar-refractivity contribution is 5.98. The maximum atomic E-state index is 12.0. The molecule has 1 atom stereocenters.